The smallest absolute Gasteiger partial charge is 0.321 e. The van der Waals surface area contributed by atoms with E-state index < -0.39 is 0 Å². The zero-order valence-electron chi connectivity index (χ0n) is 18.5. The average molecular weight is 452 g/mol. The number of nitrogens with zero attached hydrogens (tertiary/aromatic N) is 1. The molecule has 1 heterocycles. The Kier molecular flexibility index (Phi) is 8.50. The highest BCUT2D eigenvalue weighted by molar-refractivity contribution is 8.18. The van der Waals surface area contributed by atoms with Crippen molar-refractivity contribution in [1.29, 1.82) is 0 Å². The van der Waals surface area contributed by atoms with Gasteiger partial charge in [0.15, 0.2) is 0 Å². The summed E-state index contributed by atoms with van der Waals surface area (Å²) < 4.78 is 0. The van der Waals surface area contributed by atoms with Crippen molar-refractivity contribution in [1.82, 2.24) is 10.6 Å². The fourth-order valence-corrected chi connectivity index (χ4v) is 4.08. The lowest BCUT2D eigenvalue weighted by Gasteiger charge is -2.19. The fourth-order valence-electron chi connectivity index (χ4n) is 3.40. The van der Waals surface area contributed by atoms with Gasteiger partial charge in [0.1, 0.15) is 0 Å². The van der Waals surface area contributed by atoms with Gasteiger partial charge < -0.3 is 5.32 Å². The number of urea groups is 1. The van der Waals surface area contributed by atoms with Crippen LogP contribution in [-0.2, 0) is 4.79 Å². The van der Waals surface area contributed by atoms with Gasteiger partial charge in [-0.05, 0) is 53.1 Å². The molecule has 7 heteroatoms. The summed E-state index contributed by atoms with van der Waals surface area (Å²) in [5, 5.41) is 4.89. The summed E-state index contributed by atoms with van der Waals surface area (Å²) in [5.74, 6) is -0.362. The first-order valence-electron chi connectivity index (χ1n) is 10.9. The van der Waals surface area contributed by atoms with Crippen LogP contribution in [0.2, 0.25) is 0 Å². The lowest BCUT2D eigenvalue weighted by atomic mass is 10.0. The van der Waals surface area contributed by atoms with Crippen LogP contribution in [0.25, 0.3) is 17.2 Å². The Morgan fingerprint density at radius 2 is 1.78 bits per heavy atom. The van der Waals surface area contributed by atoms with E-state index >= 15 is 0 Å². The molecule has 2 aromatic carbocycles. The molecule has 3 rings (SSSR count). The van der Waals surface area contributed by atoms with Crippen molar-refractivity contribution in [3.8, 4) is 11.1 Å². The quantitative estimate of drug-likeness (QED) is 0.373. The van der Waals surface area contributed by atoms with Gasteiger partial charge in [-0.25, -0.2) is 4.79 Å². The number of carbonyl (C=O) groups is 3. The van der Waals surface area contributed by atoms with Crippen molar-refractivity contribution >= 4 is 40.7 Å². The summed E-state index contributed by atoms with van der Waals surface area (Å²) in [6.45, 7) is 2.88. The first-order valence-corrected chi connectivity index (χ1v) is 11.8. The van der Waals surface area contributed by atoms with Crippen LogP contribution in [0.15, 0.2) is 53.4 Å². The molecule has 1 saturated heterocycles. The molecule has 0 spiro atoms. The van der Waals surface area contributed by atoms with Crippen molar-refractivity contribution in [2.45, 2.75) is 39.0 Å². The molecule has 0 bridgehead atoms. The number of thioether (sulfide) groups is 1. The maximum Gasteiger partial charge on any atom is 0.321 e. The van der Waals surface area contributed by atoms with E-state index in [-0.39, 0.29) is 17.2 Å². The maximum atomic E-state index is 12.5. The molecular formula is C25H29N3O3S. The van der Waals surface area contributed by atoms with Crippen LogP contribution in [0.4, 0.5) is 15.3 Å². The van der Waals surface area contributed by atoms with Crippen molar-refractivity contribution < 1.29 is 14.4 Å². The Balaban J connectivity index is 1.61. The second kappa shape index (κ2) is 11.5. The van der Waals surface area contributed by atoms with Gasteiger partial charge in [-0.2, -0.15) is 0 Å². The van der Waals surface area contributed by atoms with Gasteiger partial charge in [-0.15, -0.1) is 0 Å². The number of hydrogen-bond donors (Lipinski definition) is 2. The monoisotopic (exact) mass is 451 g/mol. The number of imide groups is 1. The predicted octanol–water partition coefficient (Wildman–Crippen LogP) is 5.79. The highest BCUT2D eigenvalue weighted by Crippen LogP contribution is 2.28. The van der Waals surface area contributed by atoms with Crippen molar-refractivity contribution in [3.63, 3.8) is 0 Å². The normalized spacial score (nSPS) is 14.5. The van der Waals surface area contributed by atoms with E-state index in [4.69, 9.17) is 0 Å². The number of anilines is 1. The Hall–Kier alpha value is -3.06. The molecule has 1 aliphatic heterocycles. The number of amides is 4. The van der Waals surface area contributed by atoms with Gasteiger partial charge in [-0.1, -0.05) is 69.0 Å². The molecule has 0 aliphatic carbocycles. The van der Waals surface area contributed by atoms with Gasteiger partial charge in [0.25, 0.3) is 11.1 Å². The number of rotatable bonds is 9. The Labute approximate surface area is 193 Å². The molecule has 2 N–H and O–H groups in total. The van der Waals surface area contributed by atoms with E-state index in [0.29, 0.717) is 11.4 Å². The van der Waals surface area contributed by atoms with Gasteiger partial charge >= 0.3 is 6.03 Å². The van der Waals surface area contributed by atoms with E-state index in [1.54, 1.807) is 18.0 Å². The van der Waals surface area contributed by atoms with Crippen LogP contribution in [0, 0.1) is 0 Å². The Bertz CT molecular complexity index is 1000. The molecule has 1 fully saturated rings. The van der Waals surface area contributed by atoms with Crippen molar-refractivity contribution in [2.75, 3.05) is 18.5 Å². The van der Waals surface area contributed by atoms with Gasteiger partial charge in [0, 0.05) is 19.3 Å². The summed E-state index contributed by atoms with van der Waals surface area (Å²) in [7, 11) is 1.77. The molecule has 6 nitrogen and oxygen atoms in total. The van der Waals surface area contributed by atoms with Crippen LogP contribution in [0.5, 0.6) is 0 Å². The highest BCUT2D eigenvalue weighted by Gasteiger charge is 2.24. The van der Waals surface area contributed by atoms with E-state index in [1.807, 2.05) is 48.5 Å². The zero-order chi connectivity index (χ0) is 22.9. The molecule has 0 radical (unpaired) electrons. The largest absolute Gasteiger partial charge is 0.338 e. The van der Waals surface area contributed by atoms with Crippen LogP contribution in [0.3, 0.4) is 0 Å². The highest BCUT2D eigenvalue weighted by atomic mass is 32.2. The van der Waals surface area contributed by atoms with Gasteiger partial charge in [0.2, 0.25) is 0 Å². The third-order valence-corrected chi connectivity index (χ3v) is 6.09. The number of hydrogen-bond acceptors (Lipinski definition) is 4. The molecule has 32 heavy (non-hydrogen) atoms. The number of unbranched alkanes of at least 4 members (excludes halogenated alkanes) is 4. The first-order chi connectivity index (χ1) is 15.5. The molecular weight excluding hydrogens is 422 g/mol. The lowest BCUT2D eigenvalue weighted by molar-refractivity contribution is -0.115. The molecule has 1 aliphatic rings. The summed E-state index contributed by atoms with van der Waals surface area (Å²) in [4.78, 5) is 37.5. The average Bonchev–Trinajstić information content (AvgIpc) is 3.12. The second-order valence-electron chi connectivity index (χ2n) is 7.73. The van der Waals surface area contributed by atoms with E-state index in [2.05, 4.69) is 17.6 Å². The third kappa shape index (κ3) is 6.47. The third-order valence-electron chi connectivity index (χ3n) is 5.28. The summed E-state index contributed by atoms with van der Waals surface area (Å²) in [5.41, 5.74) is 3.64. The van der Waals surface area contributed by atoms with Crippen LogP contribution < -0.4 is 15.5 Å². The Morgan fingerprint density at radius 1 is 1.03 bits per heavy atom. The zero-order valence-corrected chi connectivity index (χ0v) is 19.3. The standard InChI is InChI=1S/C25H29N3O3S/c1-3-4-5-6-7-15-26-24(30)28(2)21-10-8-9-20(17-21)19-13-11-18(12-14-19)16-22-23(29)27-25(31)32-22/h8-14,16-17H,3-7,15H2,1-2H3,(H,26,30)(H,27,29,31). The van der Waals surface area contributed by atoms with E-state index in [1.165, 1.54) is 19.3 Å². The molecule has 0 atom stereocenters. The summed E-state index contributed by atoms with van der Waals surface area (Å²) in [6, 6.07) is 15.4. The second-order valence-corrected chi connectivity index (χ2v) is 8.74. The summed E-state index contributed by atoms with van der Waals surface area (Å²) in [6.07, 6.45) is 7.50. The minimum Gasteiger partial charge on any atom is -0.338 e. The molecule has 0 aromatic heterocycles. The lowest BCUT2D eigenvalue weighted by Crippen LogP contribution is -2.37. The van der Waals surface area contributed by atoms with Crippen LogP contribution in [0.1, 0.15) is 44.6 Å². The van der Waals surface area contributed by atoms with E-state index in [0.717, 1.165) is 47.0 Å². The number of carbonyl (C=O) groups excluding carboxylic acids is 3. The van der Waals surface area contributed by atoms with Crippen molar-refractivity contribution in [2.24, 2.45) is 0 Å². The van der Waals surface area contributed by atoms with Crippen LogP contribution >= 0.6 is 11.8 Å². The predicted molar refractivity (Wildman–Crippen MR) is 132 cm³/mol. The molecule has 168 valence electrons. The molecule has 4 amide bonds. The minimum absolute atomic E-state index is 0.110. The SMILES string of the molecule is CCCCCCCNC(=O)N(C)c1cccc(-c2ccc(C=C3SC(=O)NC3=O)cc2)c1. The van der Waals surface area contributed by atoms with Crippen molar-refractivity contribution in [3.05, 3.63) is 59.0 Å². The Morgan fingerprint density at radius 3 is 2.47 bits per heavy atom. The molecule has 0 saturated carbocycles. The minimum atomic E-state index is -0.362. The van der Waals surface area contributed by atoms with E-state index in [9.17, 15) is 14.4 Å². The summed E-state index contributed by atoms with van der Waals surface area (Å²) >= 11 is 0.905. The first kappa shape index (κ1) is 23.6. The molecule has 2 aromatic rings. The van der Waals surface area contributed by atoms with Crippen LogP contribution in [-0.4, -0.2) is 30.8 Å². The topological polar surface area (TPSA) is 78.5 Å². The maximum absolute atomic E-state index is 12.5. The van der Waals surface area contributed by atoms with Gasteiger partial charge in [-0.3, -0.25) is 19.8 Å². The fraction of sp³-hybridized carbons (Fsp3) is 0.320. The number of nitrogens with one attached hydrogen (secondary N) is 2. The molecule has 0 unspecified atom stereocenters. The van der Waals surface area contributed by atoms with Gasteiger partial charge in [0.05, 0.1) is 4.91 Å². The number of benzene rings is 2.